The molecule has 0 radical (unpaired) electrons. The maximum atomic E-state index is 14.9. The lowest BCUT2D eigenvalue weighted by atomic mass is 9.75. The molecule has 1 amide bonds. The molecule has 1 aliphatic heterocycles. The van der Waals surface area contributed by atoms with Crippen LogP contribution in [0.15, 0.2) is 42.6 Å². The van der Waals surface area contributed by atoms with Crippen LogP contribution < -0.4 is 10.2 Å². The van der Waals surface area contributed by atoms with Crippen LogP contribution in [-0.4, -0.2) is 55.0 Å². The van der Waals surface area contributed by atoms with E-state index in [2.05, 4.69) is 21.3 Å². The van der Waals surface area contributed by atoms with E-state index in [1.54, 1.807) is 10.7 Å². The number of hydrogen-bond acceptors (Lipinski definition) is 7. The van der Waals surface area contributed by atoms with Crippen molar-refractivity contribution in [2.75, 3.05) is 29.5 Å². The molecule has 214 valence electrons. The van der Waals surface area contributed by atoms with Crippen LogP contribution in [0.5, 0.6) is 0 Å². The minimum Gasteiger partial charge on any atom is -0.370 e. The number of carbonyl (C=O) groups excluding carboxylic acids is 1. The van der Waals surface area contributed by atoms with Gasteiger partial charge in [0, 0.05) is 63.6 Å². The quantitative estimate of drug-likeness (QED) is 0.439. The summed E-state index contributed by atoms with van der Waals surface area (Å²) in [4.78, 5) is 19.9. The van der Waals surface area contributed by atoms with Gasteiger partial charge in [0.1, 0.15) is 5.54 Å². The van der Waals surface area contributed by atoms with Crippen molar-refractivity contribution in [3.05, 3.63) is 59.8 Å². The fraction of sp³-hybridized carbons (Fsp3) is 0.467. The first-order valence-corrected chi connectivity index (χ1v) is 16.1. The van der Waals surface area contributed by atoms with Crippen LogP contribution in [0.1, 0.15) is 55.8 Å². The molecule has 0 spiro atoms. The zero-order chi connectivity index (χ0) is 28.8. The van der Waals surface area contributed by atoms with Crippen molar-refractivity contribution >= 4 is 21.3 Å². The van der Waals surface area contributed by atoms with Crippen molar-refractivity contribution in [1.29, 1.82) is 10.0 Å². The number of rotatable bonds is 6. The highest BCUT2D eigenvalue weighted by Crippen LogP contribution is 2.44. The number of anilines is 1. The van der Waals surface area contributed by atoms with Crippen molar-refractivity contribution < 1.29 is 13.4 Å². The van der Waals surface area contributed by atoms with Gasteiger partial charge in [-0.2, -0.15) is 10.4 Å². The molecule has 6 rings (SSSR count). The summed E-state index contributed by atoms with van der Waals surface area (Å²) >= 11 is 0. The van der Waals surface area contributed by atoms with Crippen molar-refractivity contribution in [2.24, 2.45) is 5.92 Å². The van der Waals surface area contributed by atoms with E-state index in [1.807, 2.05) is 31.2 Å². The Morgan fingerprint density at radius 1 is 1.17 bits per heavy atom. The predicted molar refractivity (Wildman–Crippen MR) is 155 cm³/mol. The summed E-state index contributed by atoms with van der Waals surface area (Å²) in [6, 6.07) is 13.2. The van der Waals surface area contributed by atoms with Crippen LogP contribution in [-0.2, 0) is 14.5 Å². The highest BCUT2D eigenvalue weighted by Gasteiger charge is 2.47. The van der Waals surface area contributed by atoms with Crippen LogP contribution in [0.2, 0.25) is 0 Å². The van der Waals surface area contributed by atoms with Gasteiger partial charge < -0.3 is 10.2 Å². The minimum absolute atomic E-state index is 0.109. The molecule has 11 heteroatoms. The molecular weight excluding hydrogens is 541 g/mol. The number of aromatic nitrogens is 3. The Morgan fingerprint density at radius 3 is 2.54 bits per heavy atom. The molecule has 2 saturated carbocycles. The van der Waals surface area contributed by atoms with E-state index in [0.717, 1.165) is 47.5 Å². The van der Waals surface area contributed by atoms with Crippen LogP contribution in [0, 0.1) is 34.8 Å². The summed E-state index contributed by atoms with van der Waals surface area (Å²) in [6.07, 6.45) is 6.23. The van der Waals surface area contributed by atoms with E-state index in [9.17, 15) is 18.7 Å². The number of nitrogens with zero attached hydrogens (tertiary/aromatic N) is 5. The molecule has 1 aromatic carbocycles. The van der Waals surface area contributed by atoms with E-state index in [1.165, 1.54) is 12.3 Å². The minimum atomic E-state index is -2.49. The average Bonchev–Trinajstić information content (AvgIpc) is 3.67. The molecule has 2 aromatic heterocycles. The number of nitriles is 1. The molecule has 1 saturated heterocycles. The lowest BCUT2D eigenvalue weighted by Gasteiger charge is -2.31. The maximum Gasteiger partial charge on any atom is 0.225 e. The van der Waals surface area contributed by atoms with E-state index < -0.39 is 21.1 Å². The van der Waals surface area contributed by atoms with Crippen molar-refractivity contribution in [3.63, 3.8) is 0 Å². The van der Waals surface area contributed by atoms with E-state index in [0.29, 0.717) is 43.9 Å². The first-order chi connectivity index (χ1) is 19.7. The van der Waals surface area contributed by atoms with Crippen LogP contribution >= 0.6 is 0 Å². The molecule has 9 nitrogen and oxygen atoms in total. The topological polar surface area (TPSA) is 128 Å². The number of hydrogen-bond donors (Lipinski definition) is 2. The zero-order valence-electron chi connectivity index (χ0n) is 23.1. The van der Waals surface area contributed by atoms with Gasteiger partial charge in [0.15, 0.2) is 11.6 Å². The number of halogens is 1. The molecule has 2 aliphatic carbocycles. The SMILES string of the molecule is Cc1c(-c2ccc(N3CCS(=N)(=O)CC3)cc2)c(C2CCCCC2C(=O)NC2(C#N)CC2)nn1-c1ncccc1F. The molecule has 3 aliphatic rings. The lowest BCUT2D eigenvalue weighted by molar-refractivity contribution is -0.127. The second-order valence-corrected chi connectivity index (χ2v) is 13.9. The smallest absolute Gasteiger partial charge is 0.225 e. The lowest BCUT2D eigenvalue weighted by Crippen LogP contribution is -2.42. The average molecular weight is 576 g/mol. The highest BCUT2D eigenvalue weighted by molar-refractivity contribution is 7.92. The standard InChI is InChI=1S/C30H34FN7O2S/c1-20-26(21-8-10-22(11-9-21)37-15-17-41(33,40)18-16-37)27(36-38(20)28-25(31)7-4-14-34-28)23-5-2-3-6-24(23)29(39)35-30(19-32)12-13-30/h4,7-11,14,23-24,33H,2-3,5-6,12-13,15-18H2,1H3,(H,35,39). The van der Waals surface area contributed by atoms with Crippen LogP contribution in [0.25, 0.3) is 16.9 Å². The first kappa shape index (κ1) is 27.4. The highest BCUT2D eigenvalue weighted by atomic mass is 32.2. The Labute approximate surface area is 239 Å². The van der Waals surface area contributed by atoms with Crippen molar-refractivity contribution in [3.8, 4) is 23.0 Å². The molecular formula is C30H34FN7O2S. The van der Waals surface area contributed by atoms with Crippen molar-refractivity contribution in [1.82, 2.24) is 20.1 Å². The predicted octanol–water partition coefficient (Wildman–Crippen LogP) is 4.69. The second-order valence-electron chi connectivity index (χ2n) is 11.5. The van der Waals surface area contributed by atoms with Crippen LogP contribution in [0.3, 0.4) is 0 Å². The van der Waals surface area contributed by atoms with Gasteiger partial charge >= 0.3 is 0 Å². The third-order valence-corrected chi connectivity index (χ3v) is 10.5. The van der Waals surface area contributed by atoms with Gasteiger partial charge in [0.25, 0.3) is 0 Å². The molecule has 3 aromatic rings. The van der Waals surface area contributed by atoms with E-state index in [4.69, 9.17) is 9.88 Å². The molecule has 0 bridgehead atoms. The van der Waals surface area contributed by atoms with E-state index in [-0.39, 0.29) is 23.6 Å². The van der Waals surface area contributed by atoms with E-state index >= 15 is 0 Å². The molecule has 2 N–H and O–H groups in total. The van der Waals surface area contributed by atoms with Gasteiger partial charge in [-0.25, -0.2) is 18.3 Å². The maximum absolute atomic E-state index is 14.9. The third-order valence-electron chi connectivity index (χ3n) is 8.77. The van der Waals surface area contributed by atoms with Gasteiger partial charge in [-0.1, -0.05) is 25.0 Å². The fourth-order valence-corrected chi connectivity index (χ4v) is 7.43. The summed E-state index contributed by atoms with van der Waals surface area (Å²) in [6.45, 7) is 3.05. The molecule has 2 atom stereocenters. The number of pyridine rings is 1. The summed E-state index contributed by atoms with van der Waals surface area (Å²) in [5, 5.41) is 17.5. The number of nitrogens with one attached hydrogen (secondary N) is 2. The number of amides is 1. The molecule has 3 heterocycles. The Bertz CT molecular complexity index is 1610. The summed E-state index contributed by atoms with van der Waals surface area (Å²) in [5.74, 6) is -0.284. The number of benzene rings is 1. The Hall–Kier alpha value is -3.78. The Balaban J connectivity index is 1.40. The largest absolute Gasteiger partial charge is 0.370 e. The van der Waals surface area contributed by atoms with Gasteiger partial charge in [-0.3, -0.25) is 9.57 Å². The molecule has 2 unspecified atom stereocenters. The Morgan fingerprint density at radius 2 is 1.88 bits per heavy atom. The summed E-state index contributed by atoms with van der Waals surface area (Å²) < 4.78 is 36.5. The zero-order valence-corrected chi connectivity index (χ0v) is 23.9. The fourth-order valence-electron chi connectivity index (χ4n) is 6.20. The van der Waals surface area contributed by atoms with Crippen molar-refractivity contribution in [2.45, 2.75) is 56.9 Å². The van der Waals surface area contributed by atoms with Gasteiger partial charge in [-0.05, 0) is 62.4 Å². The third kappa shape index (κ3) is 5.33. The molecule has 41 heavy (non-hydrogen) atoms. The summed E-state index contributed by atoms with van der Waals surface area (Å²) in [5.41, 5.74) is 3.50. The normalized spacial score (nSPS) is 23.0. The number of carbonyl (C=O) groups is 1. The first-order valence-electron chi connectivity index (χ1n) is 14.2. The van der Waals surface area contributed by atoms with Gasteiger partial charge in [-0.15, -0.1) is 0 Å². The van der Waals surface area contributed by atoms with Gasteiger partial charge in [0.2, 0.25) is 5.91 Å². The van der Waals surface area contributed by atoms with Gasteiger partial charge in [0.05, 0.1) is 17.5 Å². The molecule has 3 fully saturated rings. The second kappa shape index (κ2) is 10.6. The van der Waals surface area contributed by atoms with Crippen LogP contribution in [0.4, 0.5) is 10.1 Å². The summed E-state index contributed by atoms with van der Waals surface area (Å²) in [7, 11) is -2.49. The monoisotopic (exact) mass is 575 g/mol. The Kier molecular flexibility index (Phi) is 7.06.